The Bertz CT molecular complexity index is 725. The Labute approximate surface area is 126 Å². The molecule has 0 bridgehead atoms. The van der Waals surface area contributed by atoms with Crippen LogP contribution in [0.5, 0.6) is 0 Å². The molecule has 112 valence electrons. The van der Waals surface area contributed by atoms with Crippen molar-refractivity contribution in [2.45, 2.75) is 25.2 Å². The second kappa shape index (κ2) is 6.28. The predicted octanol–water partition coefficient (Wildman–Crippen LogP) is 2.41. The molecule has 4 nitrogen and oxygen atoms in total. The van der Waals surface area contributed by atoms with Crippen LogP contribution in [0.3, 0.4) is 0 Å². The second-order valence-corrected chi connectivity index (χ2v) is 6.76. The molecule has 0 spiro atoms. The van der Waals surface area contributed by atoms with Crippen LogP contribution in [0.25, 0.3) is 0 Å². The van der Waals surface area contributed by atoms with Gasteiger partial charge in [0.1, 0.15) is 4.90 Å². The number of anilines is 1. The van der Waals surface area contributed by atoms with Crippen molar-refractivity contribution in [3.63, 3.8) is 0 Å². The van der Waals surface area contributed by atoms with Gasteiger partial charge in [0.15, 0.2) is 0 Å². The summed E-state index contributed by atoms with van der Waals surface area (Å²) in [6, 6.07) is 13.2. The van der Waals surface area contributed by atoms with Gasteiger partial charge in [-0.3, -0.25) is 0 Å². The number of aryl methyl sites for hydroxylation is 1. The first-order valence-electron chi connectivity index (χ1n) is 6.81. The largest absolute Gasteiger partial charge is 0.398 e. The number of rotatable bonds is 5. The lowest BCUT2D eigenvalue weighted by Crippen LogP contribution is -2.27. The van der Waals surface area contributed by atoms with Crippen molar-refractivity contribution in [2.24, 2.45) is 0 Å². The van der Waals surface area contributed by atoms with E-state index in [1.807, 2.05) is 43.3 Å². The number of benzene rings is 2. The van der Waals surface area contributed by atoms with Crippen molar-refractivity contribution in [1.29, 1.82) is 0 Å². The number of hydrogen-bond donors (Lipinski definition) is 2. The molecule has 0 heterocycles. The van der Waals surface area contributed by atoms with E-state index in [2.05, 4.69) is 4.72 Å². The van der Waals surface area contributed by atoms with Gasteiger partial charge in [-0.2, -0.15) is 0 Å². The summed E-state index contributed by atoms with van der Waals surface area (Å²) >= 11 is 0. The van der Waals surface area contributed by atoms with Gasteiger partial charge in [-0.15, -0.1) is 0 Å². The fourth-order valence-electron chi connectivity index (χ4n) is 2.21. The second-order valence-electron chi connectivity index (χ2n) is 5.06. The maximum Gasteiger partial charge on any atom is 0.242 e. The molecule has 0 aromatic heterocycles. The lowest BCUT2D eigenvalue weighted by molar-refractivity contribution is 0.581. The smallest absolute Gasteiger partial charge is 0.242 e. The van der Waals surface area contributed by atoms with E-state index >= 15 is 0 Å². The molecule has 2 aromatic rings. The first-order valence-corrected chi connectivity index (χ1v) is 8.29. The lowest BCUT2D eigenvalue weighted by Gasteiger charge is -2.13. The van der Waals surface area contributed by atoms with Gasteiger partial charge >= 0.3 is 0 Å². The summed E-state index contributed by atoms with van der Waals surface area (Å²) in [4.78, 5) is 0.190. The monoisotopic (exact) mass is 304 g/mol. The van der Waals surface area contributed by atoms with Gasteiger partial charge in [0, 0.05) is 6.54 Å². The van der Waals surface area contributed by atoms with Crippen LogP contribution in [0, 0.1) is 13.8 Å². The van der Waals surface area contributed by atoms with Crippen LogP contribution in [0.2, 0.25) is 0 Å². The highest BCUT2D eigenvalue weighted by Gasteiger charge is 2.20. The molecule has 0 aliphatic carbocycles. The fraction of sp³-hybridized carbons (Fsp3) is 0.250. The van der Waals surface area contributed by atoms with E-state index in [9.17, 15) is 8.42 Å². The summed E-state index contributed by atoms with van der Waals surface area (Å²) in [5.74, 6) is 0. The summed E-state index contributed by atoms with van der Waals surface area (Å²) < 4.78 is 27.5. The molecule has 0 saturated heterocycles. The molecule has 2 aromatic carbocycles. The van der Waals surface area contributed by atoms with Gasteiger partial charge < -0.3 is 5.73 Å². The summed E-state index contributed by atoms with van der Waals surface area (Å²) in [5.41, 5.74) is 8.82. The van der Waals surface area contributed by atoms with Gasteiger partial charge in [-0.05, 0) is 43.0 Å². The average molecular weight is 304 g/mol. The number of nitrogen functional groups attached to an aromatic ring is 1. The van der Waals surface area contributed by atoms with E-state index in [4.69, 9.17) is 5.73 Å². The highest BCUT2D eigenvalue weighted by molar-refractivity contribution is 7.89. The number of hydrogen-bond acceptors (Lipinski definition) is 3. The first kappa shape index (κ1) is 15.5. The molecule has 21 heavy (non-hydrogen) atoms. The van der Waals surface area contributed by atoms with Gasteiger partial charge in [0.2, 0.25) is 10.0 Å². The van der Waals surface area contributed by atoms with Crippen molar-refractivity contribution >= 4 is 15.7 Å². The fourth-order valence-corrected chi connectivity index (χ4v) is 3.67. The van der Waals surface area contributed by atoms with Crippen molar-refractivity contribution in [3.8, 4) is 0 Å². The van der Waals surface area contributed by atoms with Gasteiger partial charge in [0.25, 0.3) is 0 Å². The third kappa shape index (κ3) is 3.62. The van der Waals surface area contributed by atoms with E-state index in [0.717, 1.165) is 11.1 Å². The van der Waals surface area contributed by atoms with Crippen molar-refractivity contribution in [3.05, 3.63) is 59.2 Å². The summed E-state index contributed by atoms with van der Waals surface area (Å²) in [6.45, 7) is 3.99. The summed E-state index contributed by atoms with van der Waals surface area (Å²) in [7, 11) is -3.59. The zero-order valence-corrected chi connectivity index (χ0v) is 13.1. The third-order valence-electron chi connectivity index (χ3n) is 3.52. The maximum absolute atomic E-state index is 12.4. The van der Waals surface area contributed by atoms with Crippen LogP contribution in [-0.2, 0) is 16.4 Å². The van der Waals surface area contributed by atoms with E-state index < -0.39 is 10.0 Å². The molecule has 0 atom stereocenters. The molecule has 2 rings (SSSR count). The van der Waals surface area contributed by atoms with E-state index in [1.54, 1.807) is 13.0 Å². The molecule has 0 aliphatic heterocycles. The highest BCUT2D eigenvalue weighted by Crippen LogP contribution is 2.24. The molecule has 0 radical (unpaired) electrons. The van der Waals surface area contributed by atoms with Gasteiger partial charge in [-0.25, -0.2) is 13.1 Å². The van der Waals surface area contributed by atoms with Crippen LogP contribution in [0.15, 0.2) is 47.4 Å². The number of nitrogens with two attached hydrogens (primary N) is 1. The van der Waals surface area contributed by atoms with Crippen LogP contribution >= 0.6 is 0 Å². The minimum absolute atomic E-state index is 0.190. The number of nitrogens with one attached hydrogen (secondary N) is 1. The number of sulfonamides is 1. The minimum Gasteiger partial charge on any atom is -0.398 e. The molecule has 0 fully saturated rings. The summed E-state index contributed by atoms with van der Waals surface area (Å²) in [5, 5.41) is 0. The SMILES string of the molecule is Cc1ccc(N)c(S(=O)(=O)NCCc2ccccc2)c1C. The van der Waals surface area contributed by atoms with Crippen molar-refractivity contribution in [1.82, 2.24) is 4.72 Å². The van der Waals surface area contributed by atoms with E-state index in [0.29, 0.717) is 18.5 Å². The quantitative estimate of drug-likeness (QED) is 0.833. The molecule has 3 N–H and O–H groups in total. The van der Waals surface area contributed by atoms with Crippen molar-refractivity contribution in [2.75, 3.05) is 12.3 Å². The Kier molecular flexibility index (Phi) is 4.65. The lowest BCUT2D eigenvalue weighted by atomic mass is 10.1. The predicted molar refractivity (Wildman–Crippen MR) is 85.7 cm³/mol. The Morgan fingerprint density at radius 3 is 2.38 bits per heavy atom. The molecule has 5 heteroatoms. The van der Waals surface area contributed by atoms with Crippen LogP contribution in [-0.4, -0.2) is 15.0 Å². The highest BCUT2D eigenvalue weighted by atomic mass is 32.2. The zero-order valence-electron chi connectivity index (χ0n) is 12.3. The molecule has 0 unspecified atom stereocenters. The van der Waals surface area contributed by atoms with Crippen LogP contribution < -0.4 is 10.5 Å². The first-order chi connectivity index (χ1) is 9.92. The van der Waals surface area contributed by atoms with E-state index in [-0.39, 0.29) is 10.6 Å². The Hall–Kier alpha value is -1.85. The van der Waals surface area contributed by atoms with Crippen LogP contribution in [0.4, 0.5) is 5.69 Å². The standard InChI is InChI=1S/C16H20N2O2S/c1-12-8-9-15(17)16(13(12)2)21(19,20)18-11-10-14-6-4-3-5-7-14/h3-9,18H,10-11,17H2,1-2H3. The zero-order chi connectivity index (χ0) is 15.5. The van der Waals surface area contributed by atoms with Crippen molar-refractivity contribution < 1.29 is 8.42 Å². The maximum atomic E-state index is 12.4. The van der Waals surface area contributed by atoms with Gasteiger partial charge in [-0.1, -0.05) is 36.4 Å². The van der Waals surface area contributed by atoms with Crippen LogP contribution in [0.1, 0.15) is 16.7 Å². The minimum atomic E-state index is -3.59. The molecule has 0 saturated carbocycles. The Morgan fingerprint density at radius 1 is 1.05 bits per heavy atom. The van der Waals surface area contributed by atoms with Gasteiger partial charge in [0.05, 0.1) is 5.69 Å². The summed E-state index contributed by atoms with van der Waals surface area (Å²) in [6.07, 6.45) is 0.644. The Morgan fingerprint density at radius 2 is 1.71 bits per heavy atom. The normalized spacial score (nSPS) is 11.5. The topological polar surface area (TPSA) is 72.2 Å². The molecular formula is C16H20N2O2S. The Balaban J connectivity index is 2.14. The van der Waals surface area contributed by atoms with E-state index in [1.165, 1.54) is 0 Å². The molecular weight excluding hydrogens is 284 g/mol. The molecule has 0 aliphatic rings. The third-order valence-corrected chi connectivity index (χ3v) is 5.19. The molecule has 0 amide bonds. The average Bonchev–Trinajstić information content (AvgIpc) is 2.44.